The molecule has 0 atom stereocenters. The fourth-order valence-electron chi connectivity index (χ4n) is 2.87. The molecule has 1 saturated heterocycles. The molecule has 6 heteroatoms. The van der Waals surface area contributed by atoms with Gasteiger partial charge in [0, 0.05) is 51.3 Å². The summed E-state index contributed by atoms with van der Waals surface area (Å²) in [7, 11) is 3.99. The molecule has 2 aromatic heterocycles. The van der Waals surface area contributed by atoms with Gasteiger partial charge in [0.25, 0.3) is 0 Å². The van der Waals surface area contributed by atoms with Crippen molar-refractivity contribution in [3.8, 4) is 5.75 Å². The van der Waals surface area contributed by atoms with Gasteiger partial charge in [0.05, 0.1) is 6.61 Å². The molecule has 24 heavy (non-hydrogen) atoms. The second kappa shape index (κ2) is 7.47. The zero-order chi connectivity index (χ0) is 16.9. The zero-order valence-corrected chi connectivity index (χ0v) is 14.6. The van der Waals surface area contributed by atoms with Crippen LogP contribution in [0.1, 0.15) is 18.4 Å². The molecule has 1 aliphatic heterocycles. The molecule has 1 aliphatic rings. The smallest absolute Gasteiger partial charge is 0.227 e. The maximum Gasteiger partial charge on any atom is 0.227 e. The Bertz CT molecular complexity index is 668. The Kier molecular flexibility index (Phi) is 5.13. The molecule has 0 aliphatic carbocycles. The number of hydrogen-bond acceptors (Lipinski definition) is 6. The number of piperidine rings is 1. The molecule has 0 radical (unpaired) electrons. The van der Waals surface area contributed by atoms with E-state index in [1.54, 1.807) is 6.20 Å². The summed E-state index contributed by atoms with van der Waals surface area (Å²) in [5.74, 6) is 3.28. The van der Waals surface area contributed by atoms with Crippen molar-refractivity contribution in [3.05, 3.63) is 36.3 Å². The lowest BCUT2D eigenvalue weighted by Crippen LogP contribution is -2.36. The van der Waals surface area contributed by atoms with Crippen molar-refractivity contribution in [3.63, 3.8) is 0 Å². The molecular weight excluding hydrogens is 302 g/mol. The normalized spacial score (nSPS) is 15.4. The van der Waals surface area contributed by atoms with Crippen molar-refractivity contribution in [2.75, 3.05) is 43.6 Å². The summed E-state index contributed by atoms with van der Waals surface area (Å²) in [4.78, 5) is 17.4. The van der Waals surface area contributed by atoms with E-state index in [9.17, 15) is 0 Å². The predicted octanol–water partition coefficient (Wildman–Crippen LogP) is 2.54. The Balaban J connectivity index is 1.52. The quantitative estimate of drug-likeness (QED) is 0.841. The molecule has 0 aromatic carbocycles. The van der Waals surface area contributed by atoms with E-state index in [4.69, 9.17) is 4.74 Å². The van der Waals surface area contributed by atoms with Gasteiger partial charge >= 0.3 is 0 Å². The number of aromatic nitrogens is 3. The zero-order valence-electron chi connectivity index (χ0n) is 14.6. The van der Waals surface area contributed by atoms with Crippen molar-refractivity contribution in [2.24, 2.45) is 5.92 Å². The number of nitrogens with zero attached hydrogens (tertiary/aromatic N) is 5. The number of hydrogen-bond donors (Lipinski definition) is 0. The summed E-state index contributed by atoms with van der Waals surface area (Å²) in [5, 5.41) is 0. The highest BCUT2D eigenvalue weighted by Gasteiger charge is 2.22. The van der Waals surface area contributed by atoms with E-state index in [1.165, 1.54) is 0 Å². The van der Waals surface area contributed by atoms with E-state index < -0.39 is 0 Å². The lowest BCUT2D eigenvalue weighted by atomic mass is 9.98. The van der Waals surface area contributed by atoms with Crippen molar-refractivity contribution in [2.45, 2.75) is 19.8 Å². The van der Waals surface area contributed by atoms with E-state index in [0.29, 0.717) is 5.92 Å². The molecule has 0 saturated carbocycles. The van der Waals surface area contributed by atoms with Crippen LogP contribution in [-0.2, 0) is 0 Å². The SMILES string of the molecule is Cc1cnccc1OCC1CCN(c2nccc(N(C)C)n2)CC1. The minimum atomic E-state index is 0.575. The van der Waals surface area contributed by atoms with Crippen LogP contribution in [0.4, 0.5) is 11.8 Å². The van der Waals surface area contributed by atoms with E-state index >= 15 is 0 Å². The third kappa shape index (κ3) is 3.93. The topological polar surface area (TPSA) is 54.4 Å². The Morgan fingerprint density at radius 2 is 2.00 bits per heavy atom. The number of pyridine rings is 1. The van der Waals surface area contributed by atoms with Crippen LogP contribution in [0.5, 0.6) is 5.75 Å². The molecule has 0 N–H and O–H groups in total. The molecule has 0 spiro atoms. The van der Waals surface area contributed by atoms with E-state index in [1.807, 2.05) is 50.4 Å². The second-order valence-corrected chi connectivity index (χ2v) is 6.49. The molecule has 1 fully saturated rings. The fraction of sp³-hybridized carbons (Fsp3) is 0.500. The molecule has 128 valence electrons. The van der Waals surface area contributed by atoms with Crippen LogP contribution in [0.25, 0.3) is 0 Å². The van der Waals surface area contributed by atoms with Gasteiger partial charge in [-0.3, -0.25) is 4.98 Å². The van der Waals surface area contributed by atoms with Crippen molar-refractivity contribution in [1.29, 1.82) is 0 Å². The van der Waals surface area contributed by atoms with Crippen LogP contribution < -0.4 is 14.5 Å². The second-order valence-electron chi connectivity index (χ2n) is 6.49. The average Bonchev–Trinajstić information content (AvgIpc) is 2.61. The highest BCUT2D eigenvalue weighted by atomic mass is 16.5. The van der Waals surface area contributed by atoms with Crippen molar-refractivity contribution in [1.82, 2.24) is 15.0 Å². The summed E-state index contributed by atoms with van der Waals surface area (Å²) in [6, 6.07) is 3.87. The predicted molar refractivity (Wildman–Crippen MR) is 95.8 cm³/mol. The molecular formula is C18H25N5O. The monoisotopic (exact) mass is 327 g/mol. The maximum atomic E-state index is 5.97. The lowest BCUT2D eigenvalue weighted by molar-refractivity contribution is 0.221. The maximum absolute atomic E-state index is 5.97. The number of aryl methyl sites for hydroxylation is 1. The number of rotatable bonds is 5. The van der Waals surface area contributed by atoms with Gasteiger partial charge in [-0.25, -0.2) is 4.98 Å². The molecule has 3 heterocycles. The molecule has 0 amide bonds. The number of anilines is 2. The first-order chi connectivity index (χ1) is 11.6. The standard InChI is InChI=1S/C18H25N5O/c1-14-12-19-8-4-16(14)24-13-15-6-10-23(11-7-15)18-20-9-5-17(21-18)22(2)3/h4-5,8-9,12,15H,6-7,10-11,13H2,1-3H3. The Morgan fingerprint density at radius 1 is 1.21 bits per heavy atom. The third-order valence-corrected chi connectivity index (χ3v) is 4.43. The Hall–Kier alpha value is -2.37. The first-order valence-corrected chi connectivity index (χ1v) is 8.42. The first kappa shape index (κ1) is 16.5. The van der Waals surface area contributed by atoms with Gasteiger partial charge in [0.2, 0.25) is 5.95 Å². The fourth-order valence-corrected chi connectivity index (χ4v) is 2.87. The lowest BCUT2D eigenvalue weighted by Gasteiger charge is -2.32. The van der Waals surface area contributed by atoms with Gasteiger partial charge < -0.3 is 14.5 Å². The average molecular weight is 327 g/mol. The Labute approximate surface area is 143 Å². The van der Waals surface area contributed by atoms with Gasteiger partial charge in [-0.05, 0) is 37.8 Å². The van der Waals surface area contributed by atoms with E-state index in [0.717, 1.165) is 55.6 Å². The van der Waals surface area contributed by atoms with Crippen LogP contribution in [0, 0.1) is 12.8 Å². The van der Waals surface area contributed by atoms with Crippen LogP contribution in [0.15, 0.2) is 30.7 Å². The van der Waals surface area contributed by atoms with Gasteiger partial charge in [-0.15, -0.1) is 0 Å². The summed E-state index contributed by atoms with van der Waals surface area (Å²) < 4.78 is 5.97. The first-order valence-electron chi connectivity index (χ1n) is 8.42. The molecule has 3 rings (SSSR count). The van der Waals surface area contributed by atoms with Gasteiger partial charge in [-0.1, -0.05) is 0 Å². The van der Waals surface area contributed by atoms with Crippen LogP contribution >= 0.6 is 0 Å². The van der Waals surface area contributed by atoms with Gasteiger partial charge in [0.1, 0.15) is 11.6 Å². The van der Waals surface area contributed by atoms with Gasteiger partial charge in [0.15, 0.2) is 0 Å². The summed E-state index contributed by atoms with van der Waals surface area (Å²) >= 11 is 0. The molecule has 0 unspecified atom stereocenters. The Morgan fingerprint density at radius 3 is 2.71 bits per heavy atom. The highest BCUT2D eigenvalue weighted by molar-refractivity contribution is 5.42. The summed E-state index contributed by atoms with van der Waals surface area (Å²) in [6.45, 7) is 4.73. The number of ether oxygens (including phenoxy) is 1. The van der Waals surface area contributed by atoms with Crippen LogP contribution in [0.3, 0.4) is 0 Å². The largest absolute Gasteiger partial charge is 0.493 e. The molecule has 2 aromatic rings. The minimum absolute atomic E-state index is 0.575. The molecule has 0 bridgehead atoms. The highest BCUT2D eigenvalue weighted by Crippen LogP contribution is 2.23. The van der Waals surface area contributed by atoms with E-state index in [2.05, 4.69) is 19.9 Å². The summed E-state index contributed by atoms with van der Waals surface area (Å²) in [6.07, 6.45) is 7.64. The van der Waals surface area contributed by atoms with Crippen molar-refractivity contribution >= 4 is 11.8 Å². The van der Waals surface area contributed by atoms with Gasteiger partial charge in [-0.2, -0.15) is 4.98 Å². The van der Waals surface area contributed by atoms with Crippen LogP contribution in [0.2, 0.25) is 0 Å². The van der Waals surface area contributed by atoms with Crippen molar-refractivity contribution < 1.29 is 4.74 Å². The third-order valence-electron chi connectivity index (χ3n) is 4.43. The summed E-state index contributed by atoms with van der Waals surface area (Å²) in [5.41, 5.74) is 1.09. The van der Waals surface area contributed by atoms with E-state index in [-0.39, 0.29) is 0 Å². The minimum Gasteiger partial charge on any atom is -0.493 e. The van der Waals surface area contributed by atoms with Crippen LogP contribution in [-0.4, -0.2) is 48.7 Å². The molecule has 6 nitrogen and oxygen atoms in total.